The van der Waals surface area contributed by atoms with E-state index in [9.17, 15) is 0 Å². The first-order valence-electron chi connectivity index (χ1n) is 6.24. The maximum absolute atomic E-state index is 4.45. The van der Waals surface area contributed by atoms with Gasteiger partial charge in [0.05, 0.1) is 5.69 Å². The highest BCUT2D eigenvalue weighted by molar-refractivity contribution is 5.59. The first-order valence-corrected chi connectivity index (χ1v) is 6.24. The van der Waals surface area contributed by atoms with Crippen LogP contribution in [0.1, 0.15) is 19.9 Å². The summed E-state index contributed by atoms with van der Waals surface area (Å²) in [5.74, 6) is 0.969. The molecule has 0 spiro atoms. The van der Waals surface area contributed by atoms with Crippen molar-refractivity contribution in [3.63, 3.8) is 0 Å². The molecule has 0 N–H and O–H groups in total. The van der Waals surface area contributed by atoms with E-state index in [0.29, 0.717) is 6.04 Å². The number of hydrogen-bond donors (Lipinski definition) is 0. The summed E-state index contributed by atoms with van der Waals surface area (Å²) in [5, 5.41) is 4.14. The van der Waals surface area contributed by atoms with Crippen molar-refractivity contribution in [2.24, 2.45) is 0 Å². The van der Waals surface area contributed by atoms with E-state index in [1.54, 1.807) is 11.0 Å². The van der Waals surface area contributed by atoms with Gasteiger partial charge in [0, 0.05) is 24.0 Å². The van der Waals surface area contributed by atoms with E-state index < -0.39 is 0 Å². The van der Waals surface area contributed by atoms with Gasteiger partial charge in [-0.2, -0.15) is 5.10 Å². The van der Waals surface area contributed by atoms with Crippen LogP contribution in [-0.4, -0.2) is 24.3 Å². The second-order valence-corrected chi connectivity index (χ2v) is 4.64. The van der Waals surface area contributed by atoms with Gasteiger partial charge in [-0.15, -0.1) is 0 Å². The Morgan fingerprint density at radius 2 is 2.11 bits per heavy atom. The highest BCUT2D eigenvalue weighted by atomic mass is 15.3. The van der Waals surface area contributed by atoms with E-state index in [4.69, 9.17) is 0 Å². The minimum atomic E-state index is 0.382. The number of nitrogens with zero attached hydrogens (tertiary/aromatic N) is 5. The summed E-state index contributed by atoms with van der Waals surface area (Å²) >= 11 is 0. The quantitative estimate of drug-likeness (QED) is 0.721. The summed E-state index contributed by atoms with van der Waals surface area (Å²) in [7, 11) is 0. The lowest BCUT2D eigenvalue weighted by Crippen LogP contribution is -2.02. The molecular weight excluding hydrogens is 238 g/mol. The Bertz CT molecular complexity index is 667. The molecule has 0 atom stereocenters. The molecular formula is C14H15N5. The molecule has 0 saturated heterocycles. The van der Waals surface area contributed by atoms with Crippen molar-refractivity contribution in [2.75, 3.05) is 0 Å². The van der Waals surface area contributed by atoms with E-state index in [1.807, 2.05) is 24.5 Å². The monoisotopic (exact) mass is 253 g/mol. The van der Waals surface area contributed by atoms with Crippen molar-refractivity contribution in [1.82, 2.24) is 24.3 Å². The molecule has 0 aliphatic carbocycles. The number of hydrogen-bond acceptors (Lipinski definition) is 3. The third-order valence-electron chi connectivity index (χ3n) is 3.01. The molecule has 5 nitrogen and oxygen atoms in total. The van der Waals surface area contributed by atoms with Crippen molar-refractivity contribution in [3.05, 3.63) is 49.3 Å². The lowest BCUT2D eigenvalue weighted by molar-refractivity contribution is 0.606. The molecule has 0 bridgehead atoms. The normalized spacial score (nSPS) is 11.1. The van der Waals surface area contributed by atoms with E-state index in [-0.39, 0.29) is 0 Å². The zero-order valence-corrected chi connectivity index (χ0v) is 10.9. The zero-order valence-electron chi connectivity index (χ0n) is 10.9. The van der Waals surface area contributed by atoms with Crippen LogP contribution >= 0.6 is 0 Å². The molecule has 0 fully saturated rings. The first-order chi connectivity index (χ1) is 9.25. The average Bonchev–Trinajstić information content (AvgIpc) is 3.10. The fourth-order valence-electron chi connectivity index (χ4n) is 2.08. The number of rotatable bonds is 3. The molecule has 0 saturated carbocycles. The maximum Gasteiger partial charge on any atom is 0.140 e. The predicted octanol–water partition coefficient (Wildman–Crippen LogP) is 2.71. The Morgan fingerprint density at radius 1 is 1.21 bits per heavy atom. The van der Waals surface area contributed by atoms with Crippen LogP contribution in [0.3, 0.4) is 0 Å². The standard InChI is InChI=1S/C14H15N5/c1-11(2)18-7-6-16-14(18)12-4-3-5-13(8-12)19-10-15-9-17-19/h3-11H,1-2H3. The minimum Gasteiger partial charge on any atom is -0.328 e. The van der Waals surface area contributed by atoms with Crippen LogP contribution in [-0.2, 0) is 0 Å². The molecule has 0 aliphatic rings. The van der Waals surface area contributed by atoms with Gasteiger partial charge in [0.15, 0.2) is 0 Å². The number of aromatic nitrogens is 5. The van der Waals surface area contributed by atoms with Crippen LogP contribution in [0.25, 0.3) is 17.1 Å². The summed E-state index contributed by atoms with van der Waals surface area (Å²) in [4.78, 5) is 8.42. The second-order valence-electron chi connectivity index (χ2n) is 4.64. The highest BCUT2D eigenvalue weighted by Gasteiger charge is 2.09. The number of imidazole rings is 1. The Balaban J connectivity index is 2.06. The number of benzene rings is 1. The molecule has 3 aromatic rings. The lowest BCUT2D eigenvalue weighted by Gasteiger charge is -2.12. The molecule has 19 heavy (non-hydrogen) atoms. The van der Waals surface area contributed by atoms with Gasteiger partial charge in [-0.05, 0) is 26.0 Å². The lowest BCUT2D eigenvalue weighted by atomic mass is 10.2. The third kappa shape index (κ3) is 2.14. The topological polar surface area (TPSA) is 48.5 Å². The predicted molar refractivity (Wildman–Crippen MR) is 73.0 cm³/mol. The molecule has 1 aromatic carbocycles. The van der Waals surface area contributed by atoms with Gasteiger partial charge in [-0.3, -0.25) is 0 Å². The van der Waals surface area contributed by atoms with E-state index >= 15 is 0 Å². The van der Waals surface area contributed by atoms with Gasteiger partial charge in [-0.25, -0.2) is 14.6 Å². The van der Waals surface area contributed by atoms with Crippen molar-refractivity contribution < 1.29 is 0 Å². The van der Waals surface area contributed by atoms with Crippen molar-refractivity contribution >= 4 is 0 Å². The summed E-state index contributed by atoms with van der Waals surface area (Å²) < 4.78 is 3.90. The summed E-state index contributed by atoms with van der Waals surface area (Å²) in [5.41, 5.74) is 2.06. The van der Waals surface area contributed by atoms with Crippen molar-refractivity contribution in [3.8, 4) is 17.1 Å². The summed E-state index contributed by atoms with van der Waals surface area (Å²) in [6.07, 6.45) is 7.05. The Labute approximate surface area is 111 Å². The van der Waals surface area contributed by atoms with Crippen LogP contribution in [0.5, 0.6) is 0 Å². The summed E-state index contributed by atoms with van der Waals surface area (Å²) in [6.45, 7) is 4.29. The Hall–Kier alpha value is -2.43. The highest BCUT2D eigenvalue weighted by Crippen LogP contribution is 2.22. The fraction of sp³-hybridized carbons (Fsp3) is 0.214. The molecule has 0 amide bonds. The molecule has 2 heterocycles. The largest absolute Gasteiger partial charge is 0.328 e. The smallest absolute Gasteiger partial charge is 0.140 e. The Kier molecular flexibility index (Phi) is 2.87. The van der Waals surface area contributed by atoms with Crippen LogP contribution in [0.2, 0.25) is 0 Å². The maximum atomic E-state index is 4.45. The molecule has 0 radical (unpaired) electrons. The second kappa shape index (κ2) is 4.68. The van der Waals surface area contributed by atoms with Crippen LogP contribution in [0.4, 0.5) is 0 Å². The molecule has 0 aliphatic heterocycles. The van der Waals surface area contributed by atoms with Crippen LogP contribution in [0.15, 0.2) is 49.3 Å². The molecule has 5 heteroatoms. The third-order valence-corrected chi connectivity index (χ3v) is 3.01. The summed E-state index contributed by atoms with van der Waals surface area (Å²) in [6, 6.07) is 8.51. The van der Waals surface area contributed by atoms with Gasteiger partial charge < -0.3 is 4.57 Å². The minimum absolute atomic E-state index is 0.382. The molecule has 0 unspecified atom stereocenters. The van der Waals surface area contributed by atoms with Crippen molar-refractivity contribution in [1.29, 1.82) is 0 Å². The SMILES string of the molecule is CC(C)n1ccnc1-c1cccc(-n2cncn2)c1. The molecule has 2 aromatic heterocycles. The van der Waals surface area contributed by atoms with Gasteiger partial charge in [0.2, 0.25) is 0 Å². The van der Waals surface area contributed by atoms with E-state index in [2.05, 4.69) is 45.6 Å². The fourth-order valence-corrected chi connectivity index (χ4v) is 2.08. The van der Waals surface area contributed by atoms with Crippen LogP contribution in [0, 0.1) is 0 Å². The molecule has 96 valence electrons. The van der Waals surface area contributed by atoms with Crippen LogP contribution < -0.4 is 0 Å². The van der Waals surface area contributed by atoms with Gasteiger partial charge in [0.25, 0.3) is 0 Å². The van der Waals surface area contributed by atoms with E-state index in [0.717, 1.165) is 17.1 Å². The zero-order chi connectivity index (χ0) is 13.2. The van der Waals surface area contributed by atoms with E-state index in [1.165, 1.54) is 6.33 Å². The van der Waals surface area contributed by atoms with Gasteiger partial charge in [-0.1, -0.05) is 12.1 Å². The van der Waals surface area contributed by atoms with Gasteiger partial charge >= 0.3 is 0 Å². The van der Waals surface area contributed by atoms with Gasteiger partial charge in [0.1, 0.15) is 18.5 Å². The first kappa shape index (κ1) is 11.6. The average molecular weight is 253 g/mol. The van der Waals surface area contributed by atoms with Crippen molar-refractivity contribution in [2.45, 2.75) is 19.9 Å². The molecule has 3 rings (SSSR count). The Morgan fingerprint density at radius 3 is 2.84 bits per heavy atom.